The van der Waals surface area contributed by atoms with Crippen LogP contribution >= 0.6 is 23.8 Å². The van der Waals surface area contributed by atoms with E-state index in [1.165, 1.54) is 54.6 Å². The van der Waals surface area contributed by atoms with Crippen LogP contribution in [0.4, 0.5) is 0 Å². The topological polar surface area (TPSA) is 141 Å². The molecule has 51 heavy (non-hydrogen) atoms. The Morgan fingerprint density at radius 3 is 0.647 bits per heavy atom. The standard InChI is InChI=1S/C39H24N3O6P3/c43-34-28-19-10-21-30(40-28)36(45)50(26-15-6-2-7-16-26)38(47)32-23-12-24-33(42-32)39(48)51(27-17-8-3-9-18-27)37(46)31-22-11-20-29(41-31)35(44)49(34)25-13-4-1-5-14-25/h1-24H. The van der Waals surface area contributed by atoms with Crippen molar-refractivity contribution >= 4 is 72.8 Å². The summed E-state index contributed by atoms with van der Waals surface area (Å²) >= 11 is 0. The van der Waals surface area contributed by atoms with Gasteiger partial charge in [-0.25, -0.2) is 15.0 Å². The van der Waals surface area contributed by atoms with Crippen LogP contribution in [0.3, 0.4) is 0 Å². The van der Waals surface area contributed by atoms with Gasteiger partial charge in [0, 0.05) is 0 Å². The Hall–Kier alpha value is -5.58. The summed E-state index contributed by atoms with van der Waals surface area (Å²) in [5.41, 5.74) is -4.62. The van der Waals surface area contributed by atoms with E-state index in [-0.39, 0.29) is 34.2 Å². The molecule has 0 aliphatic carbocycles. The van der Waals surface area contributed by atoms with Crippen molar-refractivity contribution in [3.63, 3.8) is 0 Å². The zero-order valence-corrected chi connectivity index (χ0v) is 29.2. The second kappa shape index (κ2) is 14.7. The van der Waals surface area contributed by atoms with E-state index in [0.29, 0.717) is 15.9 Å². The molecule has 0 fully saturated rings. The molecule has 4 heterocycles. The lowest BCUT2D eigenvalue weighted by molar-refractivity contribution is 0.103. The third-order valence-electron chi connectivity index (χ3n) is 7.82. The predicted octanol–water partition coefficient (Wildman–Crippen LogP) is 6.55. The highest BCUT2D eigenvalue weighted by atomic mass is 31.1. The summed E-state index contributed by atoms with van der Waals surface area (Å²) in [5, 5.41) is 1.26. The minimum Gasteiger partial charge on any atom is -0.286 e. The number of pyridine rings is 3. The summed E-state index contributed by atoms with van der Waals surface area (Å²) in [7, 11) is -6.97. The average molecular weight is 724 g/mol. The molecule has 7 rings (SSSR count). The lowest BCUT2D eigenvalue weighted by Crippen LogP contribution is -2.22. The highest BCUT2D eigenvalue weighted by molar-refractivity contribution is 7.97. The van der Waals surface area contributed by atoms with E-state index in [2.05, 4.69) is 15.0 Å². The molecule has 0 saturated carbocycles. The lowest BCUT2D eigenvalue weighted by Gasteiger charge is -2.19. The molecule has 0 spiro atoms. The maximum atomic E-state index is 14.3. The summed E-state index contributed by atoms with van der Waals surface area (Å²) < 4.78 is 0. The van der Waals surface area contributed by atoms with Crippen molar-refractivity contribution in [1.29, 1.82) is 0 Å². The normalized spacial score (nSPS) is 18.2. The molecule has 12 heteroatoms. The van der Waals surface area contributed by atoms with Gasteiger partial charge in [0.25, 0.3) is 0 Å². The van der Waals surface area contributed by atoms with E-state index in [1.54, 1.807) is 91.0 Å². The molecule has 0 atom stereocenters. The Labute approximate surface area is 295 Å². The fourth-order valence-electron chi connectivity index (χ4n) is 5.42. The molecule has 246 valence electrons. The summed E-state index contributed by atoms with van der Waals surface area (Å²) in [6.45, 7) is 0. The molecule has 0 N–H and O–H groups in total. The Bertz CT molecular complexity index is 2000. The van der Waals surface area contributed by atoms with Gasteiger partial charge >= 0.3 is 0 Å². The Balaban J connectivity index is 1.47. The molecule has 0 saturated heterocycles. The molecule has 6 bridgehead atoms. The van der Waals surface area contributed by atoms with Crippen LogP contribution in [0.25, 0.3) is 0 Å². The van der Waals surface area contributed by atoms with Crippen molar-refractivity contribution in [1.82, 2.24) is 15.0 Å². The largest absolute Gasteiger partial charge is 0.286 e. The van der Waals surface area contributed by atoms with E-state index in [4.69, 9.17) is 0 Å². The average Bonchev–Trinajstić information content (AvgIpc) is 3.19. The van der Waals surface area contributed by atoms with Crippen LogP contribution in [0.2, 0.25) is 0 Å². The van der Waals surface area contributed by atoms with E-state index < -0.39 is 56.9 Å². The van der Waals surface area contributed by atoms with Crippen LogP contribution in [0.5, 0.6) is 0 Å². The van der Waals surface area contributed by atoms with Crippen molar-refractivity contribution in [2.24, 2.45) is 0 Å². The van der Waals surface area contributed by atoms with Gasteiger partial charge in [0.2, 0.25) is 33.1 Å². The van der Waals surface area contributed by atoms with Crippen LogP contribution in [-0.4, -0.2) is 48.1 Å². The van der Waals surface area contributed by atoms with Gasteiger partial charge in [-0.15, -0.1) is 0 Å². The van der Waals surface area contributed by atoms with Crippen molar-refractivity contribution < 1.29 is 28.8 Å². The smallest absolute Gasteiger partial charge is 0.214 e. The molecule has 3 aromatic heterocycles. The van der Waals surface area contributed by atoms with E-state index in [0.717, 1.165) is 0 Å². The highest BCUT2D eigenvalue weighted by Gasteiger charge is 2.37. The van der Waals surface area contributed by atoms with Gasteiger partial charge in [-0.1, -0.05) is 109 Å². The summed E-state index contributed by atoms with van der Waals surface area (Å²) in [5.74, 6) is 0. The Morgan fingerprint density at radius 1 is 0.255 bits per heavy atom. The lowest BCUT2D eigenvalue weighted by atomic mass is 10.3. The zero-order valence-electron chi connectivity index (χ0n) is 26.5. The first kappa shape index (κ1) is 33.9. The fraction of sp³-hybridized carbons (Fsp3) is 0. The van der Waals surface area contributed by atoms with Crippen LogP contribution < -0.4 is 15.9 Å². The SMILES string of the molecule is O=C1c2cccc(n2)C(=O)P(c2ccccc2)C(=O)c2cccc(n2)C(=O)P(c2ccccc2)C(=O)c2cccc(n2)C(=O)P1c1ccccc1. The number of aromatic nitrogens is 3. The van der Waals surface area contributed by atoms with Crippen molar-refractivity contribution in [2.45, 2.75) is 0 Å². The van der Waals surface area contributed by atoms with E-state index in [9.17, 15) is 28.8 Å². The third kappa shape index (κ3) is 6.80. The van der Waals surface area contributed by atoms with Gasteiger partial charge < -0.3 is 0 Å². The van der Waals surface area contributed by atoms with Gasteiger partial charge in [0.1, 0.15) is 34.2 Å². The second-order valence-corrected chi connectivity index (χ2v) is 17.1. The predicted molar refractivity (Wildman–Crippen MR) is 198 cm³/mol. The molecule has 0 amide bonds. The summed E-state index contributed by atoms with van der Waals surface area (Å²) in [6.07, 6.45) is 0. The second-order valence-electron chi connectivity index (χ2n) is 11.1. The summed E-state index contributed by atoms with van der Waals surface area (Å²) in [6, 6.07) is 38.4. The minimum atomic E-state index is -2.32. The molecule has 9 nitrogen and oxygen atoms in total. The quantitative estimate of drug-likeness (QED) is 0.186. The first-order valence-electron chi connectivity index (χ1n) is 15.5. The van der Waals surface area contributed by atoms with Crippen molar-refractivity contribution in [3.05, 3.63) is 180 Å². The van der Waals surface area contributed by atoms with Crippen molar-refractivity contribution in [2.75, 3.05) is 0 Å². The first-order chi connectivity index (χ1) is 24.8. The van der Waals surface area contributed by atoms with Crippen molar-refractivity contribution in [3.8, 4) is 0 Å². The molecule has 6 aromatic rings. The molecular weight excluding hydrogens is 699 g/mol. The molecule has 0 unspecified atom stereocenters. The van der Waals surface area contributed by atoms with Gasteiger partial charge in [-0.05, 0) is 52.3 Å². The number of rotatable bonds is 3. The molecule has 1 aliphatic heterocycles. The number of fused-ring (bicyclic) bond motifs is 6. The minimum absolute atomic E-state index is 0.133. The first-order valence-corrected chi connectivity index (χ1v) is 19.6. The summed E-state index contributed by atoms with van der Waals surface area (Å²) in [4.78, 5) is 99.2. The van der Waals surface area contributed by atoms with Crippen LogP contribution in [0, 0.1) is 0 Å². The van der Waals surface area contributed by atoms with Gasteiger partial charge in [0.15, 0.2) is 0 Å². The van der Waals surface area contributed by atoms with E-state index in [1.807, 2.05) is 0 Å². The number of carbonyl (C=O) groups is 6. The van der Waals surface area contributed by atoms with Crippen LogP contribution in [0.1, 0.15) is 62.9 Å². The highest BCUT2D eigenvalue weighted by Crippen LogP contribution is 2.46. The Kier molecular flexibility index (Phi) is 9.78. The third-order valence-corrected chi connectivity index (χ3v) is 14.1. The maximum Gasteiger partial charge on any atom is 0.214 e. The van der Waals surface area contributed by atoms with Crippen LogP contribution in [-0.2, 0) is 0 Å². The molecule has 0 radical (unpaired) electrons. The molecule has 1 aliphatic rings. The number of benzene rings is 3. The van der Waals surface area contributed by atoms with Crippen LogP contribution in [0.15, 0.2) is 146 Å². The van der Waals surface area contributed by atoms with Gasteiger partial charge in [-0.2, -0.15) is 0 Å². The number of hydrogen-bond acceptors (Lipinski definition) is 9. The van der Waals surface area contributed by atoms with Gasteiger partial charge in [-0.3, -0.25) is 28.8 Å². The fourth-order valence-corrected chi connectivity index (χ4v) is 10.9. The molecule has 3 aromatic carbocycles. The zero-order chi connectivity index (χ0) is 35.5. The molecular formula is C39H24N3O6P3. The number of nitrogens with zero attached hydrogens (tertiary/aromatic N) is 3. The monoisotopic (exact) mass is 723 g/mol. The van der Waals surface area contributed by atoms with E-state index >= 15 is 0 Å². The number of hydrogen-bond donors (Lipinski definition) is 0. The number of carbonyl (C=O) groups excluding carboxylic acids is 6. The maximum absolute atomic E-state index is 14.3. The Morgan fingerprint density at radius 2 is 0.451 bits per heavy atom. The van der Waals surface area contributed by atoms with Gasteiger partial charge in [0.05, 0.1) is 23.8 Å².